The molecule has 148 valence electrons. The average molecular weight is 360 g/mol. The van der Waals surface area contributed by atoms with E-state index < -0.39 is 0 Å². The summed E-state index contributed by atoms with van der Waals surface area (Å²) in [6, 6.07) is 4.43. The van der Waals surface area contributed by atoms with Gasteiger partial charge in [-0.3, -0.25) is 0 Å². The highest BCUT2D eigenvalue weighted by Crippen LogP contribution is 2.39. The molecule has 1 saturated carbocycles. The van der Waals surface area contributed by atoms with Gasteiger partial charge in [-0.25, -0.2) is 0 Å². The van der Waals surface area contributed by atoms with Crippen molar-refractivity contribution in [2.45, 2.75) is 91.4 Å². The zero-order valence-electron chi connectivity index (χ0n) is 18.2. The number of rotatable bonds is 5. The van der Waals surface area contributed by atoms with E-state index in [-0.39, 0.29) is 10.8 Å². The van der Waals surface area contributed by atoms with Crippen LogP contribution in [0.4, 0.5) is 0 Å². The van der Waals surface area contributed by atoms with Crippen molar-refractivity contribution in [2.24, 2.45) is 11.8 Å². The molecule has 0 bridgehead atoms. The lowest BCUT2D eigenvalue weighted by Crippen LogP contribution is -2.27. The van der Waals surface area contributed by atoms with Crippen LogP contribution >= 0.6 is 0 Å². The topological polar surface area (TPSA) is 32.3 Å². The molecule has 0 spiro atoms. The smallest absolute Gasteiger partial charge is 0.123 e. The highest BCUT2D eigenvalue weighted by molar-refractivity contribution is 5.49. The molecule has 0 heterocycles. The highest BCUT2D eigenvalue weighted by Gasteiger charge is 2.26. The molecule has 0 saturated heterocycles. The Morgan fingerprint density at radius 3 is 1.88 bits per heavy atom. The lowest BCUT2D eigenvalue weighted by molar-refractivity contribution is 0.282. The van der Waals surface area contributed by atoms with Gasteiger partial charge in [-0.2, -0.15) is 0 Å². The van der Waals surface area contributed by atoms with Crippen molar-refractivity contribution in [3.8, 4) is 5.75 Å². The summed E-state index contributed by atoms with van der Waals surface area (Å²) >= 11 is 0. The molecule has 1 aromatic rings. The summed E-state index contributed by atoms with van der Waals surface area (Å²) < 4.78 is 0. The van der Waals surface area contributed by atoms with Crippen molar-refractivity contribution < 1.29 is 5.11 Å². The van der Waals surface area contributed by atoms with E-state index in [0.717, 1.165) is 42.5 Å². The van der Waals surface area contributed by atoms with Gasteiger partial charge < -0.3 is 10.4 Å². The Labute approximate surface area is 161 Å². The van der Waals surface area contributed by atoms with Crippen molar-refractivity contribution >= 4 is 0 Å². The number of hydrogen-bond donors (Lipinski definition) is 2. The molecule has 1 aliphatic carbocycles. The van der Waals surface area contributed by atoms with Gasteiger partial charge in [0.15, 0.2) is 0 Å². The van der Waals surface area contributed by atoms with Crippen LogP contribution < -0.4 is 5.32 Å². The van der Waals surface area contributed by atoms with Gasteiger partial charge in [-0.15, -0.1) is 0 Å². The molecule has 0 atom stereocenters. The molecule has 2 N–H and O–H groups in total. The largest absolute Gasteiger partial charge is 0.507 e. The number of phenolic OH excluding ortho intramolecular Hbond substituents is 1. The predicted molar refractivity (Wildman–Crippen MR) is 113 cm³/mol. The number of benzene rings is 1. The normalized spacial score (nSPS) is 21.8. The minimum absolute atomic E-state index is 0.0493. The molecule has 0 aromatic heterocycles. The van der Waals surface area contributed by atoms with Gasteiger partial charge >= 0.3 is 0 Å². The van der Waals surface area contributed by atoms with Gasteiger partial charge in [0, 0.05) is 0 Å². The third-order valence-corrected chi connectivity index (χ3v) is 5.94. The first-order valence-corrected chi connectivity index (χ1v) is 10.6. The van der Waals surface area contributed by atoms with Crippen LogP contribution in [0.25, 0.3) is 0 Å². The van der Waals surface area contributed by atoms with Crippen molar-refractivity contribution in [1.29, 1.82) is 0 Å². The summed E-state index contributed by atoms with van der Waals surface area (Å²) in [5.41, 5.74) is 3.38. The van der Waals surface area contributed by atoms with Crippen molar-refractivity contribution in [1.82, 2.24) is 5.32 Å². The number of aromatic hydroxyl groups is 1. The Balaban J connectivity index is 2.02. The molecule has 26 heavy (non-hydrogen) atoms. The summed E-state index contributed by atoms with van der Waals surface area (Å²) in [5, 5.41) is 14.5. The zero-order chi connectivity index (χ0) is 19.5. The number of phenols is 1. The van der Waals surface area contributed by atoms with E-state index >= 15 is 0 Å². The summed E-state index contributed by atoms with van der Waals surface area (Å²) in [6.07, 6.45) is 6.59. The maximum atomic E-state index is 10.8. The molecule has 0 radical (unpaired) electrons. The SMILES string of the molecule is CC1CCC(CNCCc2cc(C(C)(C)C)c(O)c(C(C)(C)C)c2)CC1. The Morgan fingerprint density at radius 1 is 0.923 bits per heavy atom. The second kappa shape index (κ2) is 8.33. The lowest BCUT2D eigenvalue weighted by atomic mass is 9.78. The van der Waals surface area contributed by atoms with Crippen LogP contribution in [0.1, 0.15) is 90.8 Å². The van der Waals surface area contributed by atoms with Gasteiger partial charge in [0.25, 0.3) is 0 Å². The fraction of sp³-hybridized carbons (Fsp3) is 0.750. The minimum atomic E-state index is -0.0493. The molecule has 2 heteroatoms. The summed E-state index contributed by atoms with van der Waals surface area (Å²) in [7, 11) is 0. The highest BCUT2D eigenvalue weighted by atomic mass is 16.3. The molecule has 0 amide bonds. The Bertz CT molecular complexity index is 548. The van der Waals surface area contributed by atoms with Crippen LogP contribution in [0.2, 0.25) is 0 Å². The lowest BCUT2D eigenvalue weighted by Gasteiger charge is -2.28. The van der Waals surface area contributed by atoms with Crippen LogP contribution in [0.15, 0.2) is 12.1 Å². The Morgan fingerprint density at radius 2 is 1.42 bits per heavy atom. The van der Waals surface area contributed by atoms with Gasteiger partial charge in [-0.1, -0.05) is 73.4 Å². The first-order valence-electron chi connectivity index (χ1n) is 10.6. The van der Waals surface area contributed by atoms with Gasteiger partial charge in [0.05, 0.1) is 0 Å². The van der Waals surface area contributed by atoms with E-state index in [1.165, 1.54) is 31.2 Å². The molecule has 2 nitrogen and oxygen atoms in total. The summed E-state index contributed by atoms with van der Waals surface area (Å²) in [5.74, 6) is 2.27. The first kappa shape index (κ1) is 21.3. The molecule has 1 fully saturated rings. The zero-order valence-corrected chi connectivity index (χ0v) is 18.2. The number of hydrogen-bond acceptors (Lipinski definition) is 2. The van der Waals surface area contributed by atoms with E-state index in [2.05, 4.69) is 65.9 Å². The maximum Gasteiger partial charge on any atom is 0.123 e. The number of nitrogens with one attached hydrogen (secondary N) is 1. The second-order valence-corrected chi connectivity index (χ2v) is 10.6. The van der Waals surface area contributed by atoms with Gasteiger partial charge in [0.1, 0.15) is 5.75 Å². The monoisotopic (exact) mass is 359 g/mol. The van der Waals surface area contributed by atoms with Crippen molar-refractivity contribution in [2.75, 3.05) is 13.1 Å². The van der Waals surface area contributed by atoms with Crippen LogP contribution in [0, 0.1) is 11.8 Å². The molecule has 0 unspecified atom stereocenters. The minimum Gasteiger partial charge on any atom is -0.507 e. The summed E-state index contributed by atoms with van der Waals surface area (Å²) in [4.78, 5) is 0. The molecule has 2 rings (SSSR count). The van der Waals surface area contributed by atoms with Crippen LogP contribution in [0.3, 0.4) is 0 Å². The van der Waals surface area contributed by atoms with E-state index in [1.807, 2.05) is 0 Å². The summed E-state index contributed by atoms with van der Waals surface area (Å²) in [6.45, 7) is 17.6. The molecule has 0 aliphatic heterocycles. The van der Waals surface area contributed by atoms with Gasteiger partial charge in [0.2, 0.25) is 0 Å². The van der Waals surface area contributed by atoms with Gasteiger partial charge in [-0.05, 0) is 71.7 Å². The molecule has 1 aliphatic rings. The van der Waals surface area contributed by atoms with Crippen LogP contribution in [-0.4, -0.2) is 18.2 Å². The predicted octanol–water partition coefficient (Wildman–Crippen LogP) is 5.95. The standard InChI is InChI=1S/C24H41NO/c1-17-8-10-18(11-9-17)16-25-13-12-19-14-20(23(2,3)4)22(26)21(15-19)24(5,6)7/h14-15,17-18,25-26H,8-13,16H2,1-7H3. The first-order chi connectivity index (χ1) is 12.0. The van der Waals surface area contributed by atoms with Crippen LogP contribution in [0.5, 0.6) is 5.75 Å². The molecular formula is C24H41NO. The van der Waals surface area contributed by atoms with E-state index in [1.54, 1.807) is 0 Å². The quantitative estimate of drug-likeness (QED) is 0.637. The third kappa shape index (κ3) is 5.74. The fourth-order valence-corrected chi connectivity index (χ4v) is 4.05. The Hall–Kier alpha value is -1.02. The van der Waals surface area contributed by atoms with Crippen molar-refractivity contribution in [3.05, 3.63) is 28.8 Å². The third-order valence-electron chi connectivity index (χ3n) is 5.94. The van der Waals surface area contributed by atoms with Crippen molar-refractivity contribution in [3.63, 3.8) is 0 Å². The second-order valence-electron chi connectivity index (χ2n) is 10.6. The molecular weight excluding hydrogens is 318 g/mol. The Kier molecular flexibility index (Phi) is 6.82. The molecule has 1 aromatic carbocycles. The van der Waals surface area contributed by atoms with E-state index in [0.29, 0.717) is 5.75 Å². The van der Waals surface area contributed by atoms with Crippen LogP contribution in [-0.2, 0) is 17.3 Å². The van der Waals surface area contributed by atoms with E-state index in [9.17, 15) is 5.11 Å². The fourth-order valence-electron chi connectivity index (χ4n) is 4.05. The maximum absolute atomic E-state index is 10.8. The van der Waals surface area contributed by atoms with E-state index in [4.69, 9.17) is 0 Å². The average Bonchev–Trinajstić information content (AvgIpc) is 2.52.